The second-order valence-electron chi connectivity index (χ2n) is 7.74. The molecule has 1 fully saturated rings. The number of benzene rings is 1. The number of methoxy groups -OCH3 is 1. The molecular weight excluding hydrogens is 484 g/mol. The van der Waals surface area contributed by atoms with Crippen LogP contribution in [0.3, 0.4) is 0 Å². The Bertz CT molecular complexity index is 1290. The van der Waals surface area contributed by atoms with E-state index in [1.807, 2.05) is 0 Å². The summed E-state index contributed by atoms with van der Waals surface area (Å²) < 4.78 is 35.9. The fourth-order valence-electron chi connectivity index (χ4n) is 3.74. The predicted octanol–water partition coefficient (Wildman–Crippen LogP) is 3.42. The molecule has 1 saturated heterocycles. The minimum Gasteiger partial charge on any atom is -0.380 e. The Balaban J connectivity index is 1.54. The number of carbonyl (C=O) groups excluding carboxylic acids is 2. The zero-order chi connectivity index (χ0) is 25.1. The van der Waals surface area contributed by atoms with Crippen molar-refractivity contribution in [3.63, 3.8) is 0 Å². The van der Waals surface area contributed by atoms with Crippen molar-refractivity contribution in [1.29, 1.82) is 0 Å². The van der Waals surface area contributed by atoms with Crippen LogP contribution in [0.5, 0.6) is 0 Å². The molecule has 2 aromatic heterocycles. The standard InChI is InChI=1S/C23H20ClF2N5O4/c1-35-15-10-18(22(33)28-19-6-5-13(24)11-27-19)31(12-15)23(34)29-21-16(25)8-14(9-17(21)26)30-7-3-2-4-20(30)32/h2-9,11,15,18H,10,12H2,1H3,(H,29,34)(H,27,28,33)/t15-,18-/m1/s1. The van der Waals surface area contributed by atoms with Gasteiger partial charge in [0.15, 0.2) is 11.6 Å². The summed E-state index contributed by atoms with van der Waals surface area (Å²) in [6.07, 6.45) is 2.43. The molecule has 0 aliphatic carbocycles. The molecule has 4 rings (SSSR count). The van der Waals surface area contributed by atoms with Gasteiger partial charge in [-0.1, -0.05) is 17.7 Å². The van der Waals surface area contributed by atoms with Crippen molar-refractivity contribution >= 4 is 35.0 Å². The molecule has 9 nitrogen and oxygen atoms in total. The summed E-state index contributed by atoms with van der Waals surface area (Å²) >= 11 is 5.80. The van der Waals surface area contributed by atoms with Crippen molar-refractivity contribution in [3.05, 3.63) is 81.9 Å². The molecular formula is C23H20ClF2N5O4. The number of ether oxygens (including phenoxy) is 1. The van der Waals surface area contributed by atoms with E-state index in [9.17, 15) is 23.2 Å². The number of carbonyl (C=O) groups is 2. The molecule has 1 aliphatic heterocycles. The predicted molar refractivity (Wildman–Crippen MR) is 125 cm³/mol. The average molecular weight is 504 g/mol. The fourth-order valence-corrected chi connectivity index (χ4v) is 3.85. The van der Waals surface area contributed by atoms with E-state index < -0.39 is 47.0 Å². The quantitative estimate of drug-likeness (QED) is 0.555. The number of likely N-dealkylation sites (tertiary alicyclic amines) is 1. The summed E-state index contributed by atoms with van der Waals surface area (Å²) in [5.41, 5.74) is -1.23. The second kappa shape index (κ2) is 10.2. The van der Waals surface area contributed by atoms with Crippen LogP contribution in [0.15, 0.2) is 59.7 Å². The van der Waals surface area contributed by atoms with Gasteiger partial charge in [0, 0.05) is 50.7 Å². The summed E-state index contributed by atoms with van der Waals surface area (Å²) in [6, 6.07) is 7.31. The van der Waals surface area contributed by atoms with Gasteiger partial charge in [0.1, 0.15) is 17.5 Å². The third-order valence-corrected chi connectivity index (χ3v) is 5.72. The summed E-state index contributed by atoms with van der Waals surface area (Å²) in [5.74, 6) is -2.49. The Hall–Kier alpha value is -3.83. The molecule has 182 valence electrons. The zero-order valence-corrected chi connectivity index (χ0v) is 19.1. The first-order valence-corrected chi connectivity index (χ1v) is 10.8. The highest BCUT2D eigenvalue weighted by atomic mass is 35.5. The highest BCUT2D eigenvalue weighted by Crippen LogP contribution is 2.26. The number of nitrogens with one attached hydrogen (secondary N) is 2. The maximum Gasteiger partial charge on any atom is 0.322 e. The molecule has 1 aliphatic rings. The van der Waals surface area contributed by atoms with Gasteiger partial charge >= 0.3 is 6.03 Å². The molecule has 3 heterocycles. The maximum atomic E-state index is 14.8. The Labute approximate surface area is 203 Å². The summed E-state index contributed by atoms with van der Waals surface area (Å²) in [4.78, 5) is 42.9. The van der Waals surface area contributed by atoms with Gasteiger partial charge in [0.05, 0.1) is 16.8 Å². The number of hydrogen-bond acceptors (Lipinski definition) is 5. The van der Waals surface area contributed by atoms with E-state index in [4.69, 9.17) is 16.3 Å². The molecule has 3 aromatic rings. The van der Waals surface area contributed by atoms with E-state index in [0.717, 1.165) is 21.6 Å². The summed E-state index contributed by atoms with van der Waals surface area (Å²) in [6.45, 7) is 0.0230. The molecule has 3 amide bonds. The number of urea groups is 1. The first kappa shape index (κ1) is 24.3. The molecule has 0 bridgehead atoms. The number of pyridine rings is 2. The van der Waals surface area contributed by atoms with E-state index in [1.165, 1.54) is 43.8 Å². The van der Waals surface area contributed by atoms with Crippen LogP contribution in [0.2, 0.25) is 5.02 Å². The van der Waals surface area contributed by atoms with Crippen molar-refractivity contribution < 1.29 is 23.1 Å². The van der Waals surface area contributed by atoms with Crippen LogP contribution in [-0.2, 0) is 9.53 Å². The van der Waals surface area contributed by atoms with E-state index in [-0.39, 0.29) is 24.5 Å². The van der Waals surface area contributed by atoms with Crippen LogP contribution >= 0.6 is 11.6 Å². The highest BCUT2D eigenvalue weighted by molar-refractivity contribution is 6.30. The Morgan fingerprint density at radius 2 is 1.89 bits per heavy atom. The average Bonchev–Trinajstić information content (AvgIpc) is 3.28. The Morgan fingerprint density at radius 3 is 2.51 bits per heavy atom. The van der Waals surface area contributed by atoms with Crippen molar-refractivity contribution in [2.75, 3.05) is 24.3 Å². The van der Waals surface area contributed by atoms with E-state index in [2.05, 4.69) is 15.6 Å². The Kier molecular flexibility index (Phi) is 7.08. The number of rotatable bonds is 5. The third-order valence-electron chi connectivity index (χ3n) is 5.50. The van der Waals surface area contributed by atoms with Crippen LogP contribution in [-0.4, -0.2) is 52.2 Å². The molecule has 0 unspecified atom stereocenters. The lowest BCUT2D eigenvalue weighted by molar-refractivity contribution is -0.119. The summed E-state index contributed by atoms with van der Waals surface area (Å²) in [5, 5.41) is 5.17. The van der Waals surface area contributed by atoms with Gasteiger partial charge in [-0.05, 0) is 18.2 Å². The molecule has 35 heavy (non-hydrogen) atoms. The normalized spacial score (nSPS) is 17.3. The number of halogens is 3. The van der Waals surface area contributed by atoms with Gasteiger partial charge < -0.3 is 20.3 Å². The minimum absolute atomic E-state index is 0.0230. The van der Waals surface area contributed by atoms with Gasteiger partial charge in [-0.3, -0.25) is 14.2 Å². The number of nitrogens with zero attached hydrogens (tertiary/aromatic N) is 3. The third kappa shape index (κ3) is 5.31. The molecule has 2 atom stereocenters. The number of hydrogen-bond donors (Lipinski definition) is 2. The van der Waals surface area contributed by atoms with Crippen molar-refractivity contribution in [2.45, 2.75) is 18.6 Å². The van der Waals surface area contributed by atoms with Crippen molar-refractivity contribution in [1.82, 2.24) is 14.5 Å². The van der Waals surface area contributed by atoms with Crippen LogP contribution in [0.25, 0.3) is 5.69 Å². The first-order chi connectivity index (χ1) is 16.8. The lowest BCUT2D eigenvalue weighted by Crippen LogP contribution is -2.45. The lowest BCUT2D eigenvalue weighted by atomic mass is 10.2. The number of aromatic nitrogens is 2. The van der Waals surface area contributed by atoms with Gasteiger partial charge in [0.25, 0.3) is 5.56 Å². The Morgan fingerprint density at radius 1 is 1.14 bits per heavy atom. The van der Waals surface area contributed by atoms with Crippen molar-refractivity contribution in [2.24, 2.45) is 0 Å². The smallest absolute Gasteiger partial charge is 0.322 e. The molecule has 0 radical (unpaired) electrons. The van der Waals surface area contributed by atoms with Gasteiger partial charge in [-0.25, -0.2) is 18.6 Å². The van der Waals surface area contributed by atoms with E-state index in [1.54, 1.807) is 6.07 Å². The minimum atomic E-state index is -1.09. The lowest BCUT2D eigenvalue weighted by Gasteiger charge is -2.24. The topological polar surface area (TPSA) is 106 Å². The van der Waals surface area contributed by atoms with E-state index >= 15 is 0 Å². The summed E-state index contributed by atoms with van der Waals surface area (Å²) in [7, 11) is 1.44. The van der Waals surface area contributed by atoms with Crippen molar-refractivity contribution in [3.8, 4) is 5.69 Å². The van der Waals surface area contributed by atoms with Crippen LogP contribution in [0.1, 0.15) is 6.42 Å². The van der Waals surface area contributed by atoms with Crippen LogP contribution in [0, 0.1) is 11.6 Å². The van der Waals surface area contributed by atoms with E-state index in [0.29, 0.717) is 5.02 Å². The first-order valence-electron chi connectivity index (χ1n) is 10.5. The maximum absolute atomic E-state index is 14.8. The highest BCUT2D eigenvalue weighted by Gasteiger charge is 2.40. The fraction of sp³-hybridized carbons (Fsp3) is 0.217. The zero-order valence-electron chi connectivity index (χ0n) is 18.4. The molecule has 1 aromatic carbocycles. The molecule has 0 saturated carbocycles. The van der Waals surface area contributed by atoms with Crippen LogP contribution in [0.4, 0.5) is 25.1 Å². The molecule has 2 N–H and O–H groups in total. The monoisotopic (exact) mass is 503 g/mol. The number of anilines is 2. The second-order valence-corrected chi connectivity index (χ2v) is 8.17. The molecule has 0 spiro atoms. The largest absolute Gasteiger partial charge is 0.380 e. The SMILES string of the molecule is CO[C@@H]1C[C@H](C(=O)Nc2ccc(Cl)cn2)N(C(=O)Nc2c(F)cc(-n3ccccc3=O)cc2F)C1. The molecule has 12 heteroatoms. The van der Waals surface area contributed by atoms with Gasteiger partial charge in [0.2, 0.25) is 5.91 Å². The van der Waals surface area contributed by atoms with Gasteiger partial charge in [-0.15, -0.1) is 0 Å². The van der Waals surface area contributed by atoms with Crippen LogP contribution < -0.4 is 16.2 Å². The van der Waals surface area contributed by atoms with Gasteiger partial charge in [-0.2, -0.15) is 0 Å². The number of amides is 3.